The SMILES string of the molecule is COC(=O)c1nc2n(n1)C(c1cccc(F)c1)C1=C(CCCC1=O)N2. The van der Waals surface area contributed by atoms with Gasteiger partial charge in [0.25, 0.3) is 5.82 Å². The number of hydrogen-bond donors (Lipinski definition) is 1. The summed E-state index contributed by atoms with van der Waals surface area (Å²) in [6.45, 7) is 0. The van der Waals surface area contributed by atoms with Crippen LogP contribution in [0.1, 0.15) is 41.5 Å². The summed E-state index contributed by atoms with van der Waals surface area (Å²) < 4.78 is 19.9. The Labute approximate surface area is 142 Å². The molecule has 1 atom stereocenters. The Hall–Kier alpha value is -3.03. The molecule has 1 aromatic carbocycles. The molecule has 0 radical (unpaired) electrons. The van der Waals surface area contributed by atoms with Crippen LogP contribution in [0.5, 0.6) is 0 Å². The molecule has 0 amide bonds. The number of rotatable bonds is 2. The van der Waals surface area contributed by atoms with Gasteiger partial charge in [-0.3, -0.25) is 4.79 Å². The minimum absolute atomic E-state index is 0.0104. The maximum absolute atomic E-state index is 13.8. The molecule has 0 spiro atoms. The van der Waals surface area contributed by atoms with E-state index in [1.165, 1.54) is 23.9 Å². The summed E-state index contributed by atoms with van der Waals surface area (Å²) in [7, 11) is 1.24. The van der Waals surface area contributed by atoms with Crippen molar-refractivity contribution in [1.29, 1.82) is 0 Å². The zero-order valence-electron chi connectivity index (χ0n) is 13.5. The van der Waals surface area contributed by atoms with Crippen molar-refractivity contribution in [3.8, 4) is 0 Å². The fourth-order valence-electron chi connectivity index (χ4n) is 3.32. The summed E-state index contributed by atoms with van der Waals surface area (Å²) >= 11 is 0. The van der Waals surface area contributed by atoms with Crippen LogP contribution in [-0.4, -0.2) is 33.6 Å². The number of esters is 1. The predicted octanol–water partition coefficient (Wildman–Crippen LogP) is 2.23. The molecule has 0 fully saturated rings. The van der Waals surface area contributed by atoms with Gasteiger partial charge in [0.2, 0.25) is 5.95 Å². The number of ether oxygens (including phenoxy) is 1. The molecule has 1 unspecified atom stereocenters. The number of halogens is 1. The molecule has 2 aromatic rings. The van der Waals surface area contributed by atoms with E-state index in [2.05, 4.69) is 20.1 Å². The Kier molecular flexibility index (Phi) is 3.60. The first-order valence-corrected chi connectivity index (χ1v) is 7.92. The summed E-state index contributed by atoms with van der Waals surface area (Å²) in [5.41, 5.74) is 1.87. The number of nitrogens with one attached hydrogen (secondary N) is 1. The highest BCUT2D eigenvalue weighted by atomic mass is 19.1. The maximum Gasteiger partial charge on any atom is 0.378 e. The first-order valence-electron chi connectivity index (χ1n) is 7.92. The molecule has 2 aliphatic rings. The second-order valence-electron chi connectivity index (χ2n) is 5.95. The molecule has 7 nitrogen and oxygen atoms in total. The van der Waals surface area contributed by atoms with Crippen LogP contribution in [0.2, 0.25) is 0 Å². The van der Waals surface area contributed by atoms with Crippen molar-refractivity contribution in [2.45, 2.75) is 25.3 Å². The van der Waals surface area contributed by atoms with E-state index in [9.17, 15) is 14.0 Å². The molecular weight excluding hydrogens is 327 g/mol. The topological polar surface area (TPSA) is 86.1 Å². The lowest BCUT2D eigenvalue weighted by Crippen LogP contribution is -2.31. The average Bonchev–Trinajstić information content (AvgIpc) is 3.03. The van der Waals surface area contributed by atoms with Crippen LogP contribution in [0, 0.1) is 5.82 Å². The molecule has 0 saturated carbocycles. The van der Waals surface area contributed by atoms with Gasteiger partial charge in [0, 0.05) is 17.7 Å². The fraction of sp³-hybridized carbons (Fsp3) is 0.294. The maximum atomic E-state index is 13.8. The van der Waals surface area contributed by atoms with E-state index in [0.717, 1.165) is 12.1 Å². The highest BCUT2D eigenvalue weighted by Gasteiger charge is 2.37. The van der Waals surface area contributed by atoms with Gasteiger partial charge in [-0.25, -0.2) is 13.9 Å². The van der Waals surface area contributed by atoms with Crippen molar-refractivity contribution in [3.05, 3.63) is 52.7 Å². The van der Waals surface area contributed by atoms with Crippen molar-refractivity contribution in [2.75, 3.05) is 12.4 Å². The number of ketones is 1. The van der Waals surface area contributed by atoms with E-state index in [0.29, 0.717) is 29.9 Å². The van der Waals surface area contributed by atoms with Gasteiger partial charge >= 0.3 is 5.97 Å². The number of nitrogens with zero attached hydrogens (tertiary/aromatic N) is 3. The van der Waals surface area contributed by atoms with Gasteiger partial charge in [0.05, 0.1) is 7.11 Å². The Morgan fingerprint density at radius 1 is 1.40 bits per heavy atom. The van der Waals surface area contributed by atoms with E-state index >= 15 is 0 Å². The lowest BCUT2D eigenvalue weighted by atomic mass is 9.85. The van der Waals surface area contributed by atoms with Crippen LogP contribution in [0.4, 0.5) is 10.3 Å². The Morgan fingerprint density at radius 3 is 3.00 bits per heavy atom. The Morgan fingerprint density at radius 2 is 2.24 bits per heavy atom. The van der Waals surface area contributed by atoms with Crippen molar-refractivity contribution >= 4 is 17.7 Å². The van der Waals surface area contributed by atoms with E-state index in [1.54, 1.807) is 12.1 Å². The monoisotopic (exact) mass is 342 g/mol. The number of Topliss-reactive ketones (excluding diaryl/α,β-unsaturated/α-hetero) is 1. The summed E-state index contributed by atoms with van der Waals surface area (Å²) in [5, 5.41) is 7.28. The smallest absolute Gasteiger partial charge is 0.378 e. The number of hydrogen-bond acceptors (Lipinski definition) is 6. The van der Waals surface area contributed by atoms with Gasteiger partial charge in [-0.2, -0.15) is 4.98 Å². The highest BCUT2D eigenvalue weighted by Crippen LogP contribution is 2.39. The van der Waals surface area contributed by atoms with Crippen LogP contribution in [0.3, 0.4) is 0 Å². The summed E-state index contributed by atoms with van der Waals surface area (Å²) in [6.07, 6.45) is 1.85. The largest absolute Gasteiger partial charge is 0.463 e. The van der Waals surface area contributed by atoms with Crippen LogP contribution in [0.25, 0.3) is 0 Å². The number of benzene rings is 1. The first-order chi connectivity index (χ1) is 12.1. The average molecular weight is 342 g/mol. The molecule has 2 heterocycles. The third kappa shape index (κ3) is 2.50. The molecule has 0 saturated heterocycles. The number of fused-ring (bicyclic) bond motifs is 1. The molecule has 1 N–H and O–H groups in total. The number of carbonyl (C=O) groups is 2. The van der Waals surface area contributed by atoms with Crippen molar-refractivity contribution in [1.82, 2.24) is 14.8 Å². The lowest BCUT2D eigenvalue weighted by molar-refractivity contribution is -0.116. The third-order valence-electron chi connectivity index (χ3n) is 4.40. The Balaban J connectivity index is 1.91. The van der Waals surface area contributed by atoms with E-state index < -0.39 is 17.8 Å². The van der Waals surface area contributed by atoms with Crippen molar-refractivity contribution in [2.24, 2.45) is 0 Å². The lowest BCUT2D eigenvalue weighted by Gasteiger charge is -2.32. The second-order valence-corrected chi connectivity index (χ2v) is 5.95. The third-order valence-corrected chi connectivity index (χ3v) is 4.40. The molecule has 25 heavy (non-hydrogen) atoms. The van der Waals surface area contributed by atoms with E-state index in [4.69, 9.17) is 0 Å². The number of anilines is 1. The van der Waals surface area contributed by atoms with Gasteiger partial charge in [-0.1, -0.05) is 12.1 Å². The highest BCUT2D eigenvalue weighted by molar-refractivity contribution is 5.99. The molecule has 128 valence electrons. The summed E-state index contributed by atoms with van der Waals surface area (Å²) in [6, 6.07) is 5.39. The van der Waals surface area contributed by atoms with E-state index in [-0.39, 0.29) is 11.6 Å². The number of aromatic nitrogens is 3. The number of carbonyl (C=O) groups excluding carboxylic acids is 2. The zero-order chi connectivity index (χ0) is 17.6. The standard InChI is InChI=1S/C17H15FN4O3/c1-25-16(24)15-20-17-19-11-6-3-7-12(23)13(11)14(22(17)21-15)9-4-2-5-10(18)8-9/h2,4-5,8,14H,3,6-7H2,1H3,(H,19,20,21). The van der Waals surface area contributed by atoms with Gasteiger partial charge in [0.1, 0.15) is 11.9 Å². The zero-order valence-corrected chi connectivity index (χ0v) is 13.5. The summed E-state index contributed by atoms with van der Waals surface area (Å²) in [4.78, 5) is 28.5. The summed E-state index contributed by atoms with van der Waals surface area (Å²) in [5.74, 6) is -0.868. The predicted molar refractivity (Wildman–Crippen MR) is 85.4 cm³/mol. The molecule has 1 aliphatic carbocycles. The van der Waals surface area contributed by atoms with Crippen LogP contribution in [0.15, 0.2) is 35.5 Å². The quantitative estimate of drug-likeness (QED) is 0.842. The van der Waals surface area contributed by atoms with Gasteiger partial charge < -0.3 is 10.1 Å². The van der Waals surface area contributed by atoms with Gasteiger partial charge in [0.15, 0.2) is 5.78 Å². The minimum Gasteiger partial charge on any atom is -0.463 e. The fourth-order valence-corrected chi connectivity index (χ4v) is 3.32. The van der Waals surface area contributed by atoms with Crippen molar-refractivity contribution in [3.63, 3.8) is 0 Å². The van der Waals surface area contributed by atoms with Crippen LogP contribution in [-0.2, 0) is 9.53 Å². The molecule has 1 aromatic heterocycles. The van der Waals surface area contributed by atoms with E-state index in [1.807, 2.05) is 0 Å². The molecule has 8 heteroatoms. The first kappa shape index (κ1) is 15.5. The van der Waals surface area contributed by atoms with Gasteiger partial charge in [-0.05, 0) is 30.5 Å². The minimum atomic E-state index is -0.675. The van der Waals surface area contributed by atoms with Crippen molar-refractivity contribution < 1.29 is 18.7 Å². The molecule has 1 aliphatic heterocycles. The number of allylic oxidation sites excluding steroid dienone is 2. The number of methoxy groups -OCH3 is 1. The normalized spacial score (nSPS) is 19.1. The Bertz CT molecular complexity index is 918. The van der Waals surface area contributed by atoms with Crippen LogP contribution < -0.4 is 5.32 Å². The molecule has 4 rings (SSSR count). The van der Waals surface area contributed by atoms with Crippen LogP contribution >= 0.6 is 0 Å². The second kappa shape index (κ2) is 5.80. The molecule has 0 bridgehead atoms. The van der Waals surface area contributed by atoms with Gasteiger partial charge in [-0.15, -0.1) is 5.10 Å². The molecular formula is C17H15FN4O3.